The number of aryl methyl sites for hydroxylation is 1. The van der Waals surface area contributed by atoms with E-state index in [1.165, 1.54) is 13.7 Å². The first kappa shape index (κ1) is 21.2. The Balaban J connectivity index is 1.37. The molecule has 3 aromatic rings. The van der Waals surface area contributed by atoms with Gasteiger partial charge in [0.15, 0.2) is 0 Å². The van der Waals surface area contributed by atoms with Crippen LogP contribution < -0.4 is 10.2 Å². The maximum absolute atomic E-state index is 13.0. The molecular formula is C20H23N3O4S3. The smallest absolute Gasteiger partial charge is 0.307 e. The van der Waals surface area contributed by atoms with Crippen LogP contribution in [0.2, 0.25) is 0 Å². The van der Waals surface area contributed by atoms with Crippen LogP contribution in [0.3, 0.4) is 0 Å². The molecule has 1 aromatic carbocycles. The molecule has 1 aliphatic heterocycles. The Kier molecular flexibility index (Phi) is 6.10. The number of carbonyl (C=O) groups is 1. The number of nitrogens with one attached hydrogen (secondary N) is 1. The fraction of sp³-hybridized carbons (Fsp3) is 0.400. The summed E-state index contributed by atoms with van der Waals surface area (Å²) in [6.45, 7) is 1.22. The molecule has 1 fully saturated rings. The molecule has 160 valence electrons. The summed E-state index contributed by atoms with van der Waals surface area (Å²) in [5.41, 5.74) is 0.724. The molecule has 30 heavy (non-hydrogen) atoms. The van der Waals surface area contributed by atoms with E-state index in [-0.39, 0.29) is 21.6 Å². The number of amides is 1. The predicted molar refractivity (Wildman–Crippen MR) is 120 cm³/mol. The molecule has 3 heterocycles. The Morgan fingerprint density at radius 2 is 2.00 bits per heavy atom. The fourth-order valence-electron chi connectivity index (χ4n) is 3.69. The van der Waals surface area contributed by atoms with E-state index in [2.05, 4.69) is 5.32 Å². The van der Waals surface area contributed by atoms with Crippen LogP contribution in [-0.2, 0) is 28.3 Å². The number of hydrogen-bond acceptors (Lipinski definition) is 6. The van der Waals surface area contributed by atoms with Crippen molar-refractivity contribution >= 4 is 48.8 Å². The van der Waals surface area contributed by atoms with Gasteiger partial charge in [-0.05, 0) is 48.9 Å². The highest BCUT2D eigenvalue weighted by Gasteiger charge is 2.32. The van der Waals surface area contributed by atoms with Crippen molar-refractivity contribution in [1.29, 1.82) is 0 Å². The molecule has 0 unspecified atom stereocenters. The number of aromatic nitrogens is 1. The molecular weight excluding hydrogens is 442 g/mol. The van der Waals surface area contributed by atoms with Crippen LogP contribution in [0.1, 0.15) is 17.7 Å². The number of sulfonamides is 1. The first-order valence-electron chi connectivity index (χ1n) is 9.76. The molecule has 0 saturated carbocycles. The third-order valence-corrected chi connectivity index (χ3v) is 9.30. The van der Waals surface area contributed by atoms with Gasteiger partial charge < -0.3 is 9.88 Å². The van der Waals surface area contributed by atoms with E-state index >= 15 is 0 Å². The van der Waals surface area contributed by atoms with E-state index in [4.69, 9.17) is 0 Å². The highest BCUT2D eigenvalue weighted by Crippen LogP contribution is 2.27. The molecule has 0 aliphatic carbocycles. The lowest BCUT2D eigenvalue weighted by Crippen LogP contribution is -2.43. The topological polar surface area (TPSA) is 88.5 Å². The minimum Gasteiger partial charge on any atom is -0.355 e. The lowest BCUT2D eigenvalue weighted by Gasteiger charge is -2.30. The van der Waals surface area contributed by atoms with Gasteiger partial charge in [-0.15, -0.1) is 11.3 Å². The molecule has 4 rings (SSSR count). The van der Waals surface area contributed by atoms with Crippen molar-refractivity contribution in [1.82, 2.24) is 14.2 Å². The summed E-state index contributed by atoms with van der Waals surface area (Å²) in [7, 11) is -1.98. The Labute approximate surface area is 183 Å². The maximum atomic E-state index is 13.0. The number of thiazole rings is 1. The van der Waals surface area contributed by atoms with Crippen LogP contribution in [0.25, 0.3) is 10.2 Å². The van der Waals surface area contributed by atoms with E-state index < -0.39 is 10.0 Å². The van der Waals surface area contributed by atoms with Crippen molar-refractivity contribution in [3.8, 4) is 0 Å². The quantitative estimate of drug-likeness (QED) is 0.606. The van der Waals surface area contributed by atoms with Crippen LogP contribution in [0, 0.1) is 5.92 Å². The molecule has 1 aliphatic rings. The maximum Gasteiger partial charge on any atom is 0.307 e. The van der Waals surface area contributed by atoms with Crippen LogP contribution in [0.4, 0.5) is 0 Å². The Bertz CT molecular complexity index is 1200. The fourth-order valence-corrected chi connectivity index (χ4v) is 6.89. The highest BCUT2D eigenvalue weighted by molar-refractivity contribution is 7.89. The van der Waals surface area contributed by atoms with Crippen molar-refractivity contribution in [2.24, 2.45) is 13.0 Å². The van der Waals surface area contributed by atoms with Gasteiger partial charge in [-0.2, -0.15) is 4.31 Å². The van der Waals surface area contributed by atoms with Gasteiger partial charge in [0.05, 0.1) is 15.1 Å². The van der Waals surface area contributed by atoms with Crippen LogP contribution in [0.5, 0.6) is 0 Å². The van der Waals surface area contributed by atoms with Crippen LogP contribution in [0.15, 0.2) is 45.4 Å². The van der Waals surface area contributed by atoms with Crippen molar-refractivity contribution in [3.05, 3.63) is 50.3 Å². The molecule has 1 amide bonds. The van der Waals surface area contributed by atoms with Crippen molar-refractivity contribution in [2.45, 2.75) is 24.2 Å². The second-order valence-corrected chi connectivity index (χ2v) is 11.3. The van der Waals surface area contributed by atoms with E-state index in [0.29, 0.717) is 37.2 Å². The number of fused-ring (bicyclic) bond motifs is 1. The van der Waals surface area contributed by atoms with Gasteiger partial charge in [0.2, 0.25) is 15.9 Å². The van der Waals surface area contributed by atoms with E-state index in [1.807, 2.05) is 17.5 Å². The third-order valence-electron chi connectivity index (χ3n) is 5.48. The monoisotopic (exact) mass is 465 g/mol. The van der Waals surface area contributed by atoms with E-state index in [0.717, 1.165) is 23.3 Å². The van der Waals surface area contributed by atoms with Crippen molar-refractivity contribution in [2.75, 3.05) is 19.6 Å². The van der Waals surface area contributed by atoms with Gasteiger partial charge in [-0.1, -0.05) is 17.4 Å². The number of nitrogens with zero attached hydrogens (tertiary/aromatic N) is 2. The molecule has 1 N–H and O–H groups in total. The second-order valence-electron chi connectivity index (χ2n) is 7.36. The lowest BCUT2D eigenvalue weighted by molar-refractivity contribution is -0.126. The zero-order valence-electron chi connectivity index (χ0n) is 16.5. The predicted octanol–water partition coefficient (Wildman–Crippen LogP) is 2.42. The van der Waals surface area contributed by atoms with Gasteiger partial charge >= 0.3 is 4.87 Å². The summed E-state index contributed by atoms with van der Waals surface area (Å²) in [5.74, 6) is -0.166. The minimum absolute atomic E-state index is 0.000848. The highest BCUT2D eigenvalue weighted by atomic mass is 32.2. The van der Waals surface area contributed by atoms with Crippen LogP contribution in [-0.4, -0.2) is 42.8 Å². The number of piperidine rings is 1. The Hall–Kier alpha value is -2.01. The number of rotatable bonds is 6. The summed E-state index contributed by atoms with van der Waals surface area (Å²) < 4.78 is 29.7. The number of carbonyl (C=O) groups excluding carboxylic acids is 1. The van der Waals surface area contributed by atoms with Crippen molar-refractivity contribution in [3.63, 3.8) is 0 Å². The van der Waals surface area contributed by atoms with E-state index in [1.54, 1.807) is 36.6 Å². The zero-order chi connectivity index (χ0) is 21.3. The molecule has 0 spiro atoms. The average Bonchev–Trinajstić information content (AvgIpc) is 3.36. The molecule has 0 atom stereocenters. The standard InChI is InChI=1S/C20H23N3O4S3/c1-22-17-5-4-16(13-18(17)29-20(22)25)30(26,27)23-10-7-14(8-11-23)19(24)21-9-6-15-3-2-12-28-15/h2-5,12-14H,6-11H2,1H3,(H,21,24). The summed E-state index contributed by atoms with van der Waals surface area (Å²) in [5, 5.41) is 4.99. The zero-order valence-corrected chi connectivity index (χ0v) is 19.0. The van der Waals surface area contributed by atoms with Gasteiger partial charge in [-0.3, -0.25) is 9.59 Å². The average molecular weight is 466 g/mol. The number of thiophene rings is 1. The number of hydrogen-bond donors (Lipinski definition) is 1. The van der Waals surface area contributed by atoms with Crippen molar-refractivity contribution < 1.29 is 13.2 Å². The van der Waals surface area contributed by atoms with Gasteiger partial charge in [-0.25, -0.2) is 8.42 Å². The summed E-state index contributed by atoms with van der Waals surface area (Å²) in [6, 6.07) is 8.83. The Morgan fingerprint density at radius 1 is 1.23 bits per heavy atom. The first-order chi connectivity index (χ1) is 14.4. The Morgan fingerprint density at radius 3 is 2.70 bits per heavy atom. The molecule has 10 heteroatoms. The normalized spacial score (nSPS) is 16.2. The van der Waals surface area contributed by atoms with Crippen LogP contribution >= 0.6 is 22.7 Å². The van der Waals surface area contributed by atoms with Gasteiger partial charge in [0, 0.05) is 37.5 Å². The summed E-state index contributed by atoms with van der Waals surface area (Å²) in [4.78, 5) is 25.6. The molecule has 1 saturated heterocycles. The second kappa shape index (κ2) is 8.62. The first-order valence-corrected chi connectivity index (χ1v) is 12.9. The number of benzene rings is 1. The van der Waals surface area contributed by atoms with Gasteiger partial charge in [0.25, 0.3) is 0 Å². The summed E-state index contributed by atoms with van der Waals surface area (Å²) >= 11 is 2.71. The molecule has 0 bridgehead atoms. The molecule has 7 nitrogen and oxygen atoms in total. The molecule has 0 radical (unpaired) electrons. The largest absolute Gasteiger partial charge is 0.355 e. The minimum atomic E-state index is -3.65. The van der Waals surface area contributed by atoms with Gasteiger partial charge in [0.1, 0.15) is 0 Å². The summed E-state index contributed by atoms with van der Waals surface area (Å²) in [6.07, 6.45) is 1.82. The SMILES string of the molecule is Cn1c(=O)sc2cc(S(=O)(=O)N3CCC(C(=O)NCCc4cccs4)CC3)ccc21. The lowest BCUT2D eigenvalue weighted by atomic mass is 9.97. The molecule has 2 aromatic heterocycles. The van der Waals surface area contributed by atoms with E-state index in [9.17, 15) is 18.0 Å². The third kappa shape index (κ3) is 4.22.